The molecule has 0 amide bonds. The van der Waals surface area contributed by atoms with Crippen molar-refractivity contribution < 1.29 is 0 Å². The molecule has 0 N–H and O–H groups in total. The van der Waals surface area contributed by atoms with Gasteiger partial charge in [0.25, 0.3) is 0 Å². The third kappa shape index (κ3) is 2.88. The first-order chi connectivity index (χ1) is 6.77. The molecule has 1 aromatic rings. The summed E-state index contributed by atoms with van der Waals surface area (Å²) >= 11 is 0. The summed E-state index contributed by atoms with van der Waals surface area (Å²) in [5.74, 6) is 0. The molecule has 0 saturated heterocycles. The zero-order valence-corrected chi connectivity index (χ0v) is 8.70. The Morgan fingerprint density at radius 3 is 2.50 bits per heavy atom. The molecule has 1 aromatic carbocycles. The summed E-state index contributed by atoms with van der Waals surface area (Å²) < 4.78 is 0. The topological polar surface area (TPSA) is 12.4 Å². The van der Waals surface area contributed by atoms with E-state index in [1.54, 1.807) is 0 Å². The second-order valence-corrected chi connectivity index (χ2v) is 3.03. The van der Waals surface area contributed by atoms with Crippen molar-refractivity contribution in [2.75, 3.05) is 0 Å². The zero-order chi connectivity index (χ0) is 10.4. The van der Waals surface area contributed by atoms with Gasteiger partial charge in [-0.15, -0.1) is 0 Å². The SMILES string of the molecule is [B]c1ccc(C(CC)=N/C=C\C)cc1. The number of hydrogen-bond acceptors (Lipinski definition) is 1. The van der Waals surface area contributed by atoms with Crippen LogP contribution in [0.15, 0.2) is 41.5 Å². The Morgan fingerprint density at radius 2 is 2.00 bits per heavy atom. The molecule has 0 aliphatic rings. The fraction of sp³-hybridized carbons (Fsp3) is 0.250. The normalized spacial score (nSPS) is 12.3. The van der Waals surface area contributed by atoms with Gasteiger partial charge in [-0.2, -0.15) is 0 Å². The van der Waals surface area contributed by atoms with Gasteiger partial charge in [0.05, 0.1) is 0 Å². The maximum absolute atomic E-state index is 5.61. The van der Waals surface area contributed by atoms with E-state index in [1.165, 1.54) is 0 Å². The summed E-state index contributed by atoms with van der Waals surface area (Å²) in [6.07, 6.45) is 4.66. The summed E-state index contributed by atoms with van der Waals surface area (Å²) in [7, 11) is 5.61. The smallest absolute Gasteiger partial charge is 0.113 e. The van der Waals surface area contributed by atoms with E-state index in [0.717, 1.165) is 23.2 Å². The summed E-state index contributed by atoms with van der Waals surface area (Å²) in [4.78, 5) is 4.36. The van der Waals surface area contributed by atoms with Crippen LogP contribution in [0, 0.1) is 0 Å². The highest BCUT2D eigenvalue weighted by Crippen LogP contribution is 2.03. The van der Waals surface area contributed by atoms with Crippen LogP contribution in [-0.4, -0.2) is 13.6 Å². The Balaban J connectivity index is 2.95. The average molecular weight is 183 g/mol. The largest absolute Gasteiger partial charge is 0.261 e. The Bertz CT molecular complexity index is 336. The number of benzene rings is 1. The van der Waals surface area contributed by atoms with Gasteiger partial charge in [-0.1, -0.05) is 42.7 Å². The van der Waals surface area contributed by atoms with Gasteiger partial charge >= 0.3 is 0 Å². The van der Waals surface area contributed by atoms with Crippen molar-refractivity contribution in [1.29, 1.82) is 0 Å². The van der Waals surface area contributed by atoms with Gasteiger partial charge in [0.1, 0.15) is 7.85 Å². The molecule has 14 heavy (non-hydrogen) atoms. The van der Waals surface area contributed by atoms with Crippen molar-refractivity contribution in [3.05, 3.63) is 42.1 Å². The van der Waals surface area contributed by atoms with E-state index in [2.05, 4.69) is 11.9 Å². The van der Waals surface area contributed by atoms with Crippen molar-refractivity contribution in [2.45, 2.75) is 20.3 Å². The average Bonchev–Trinajstić information content (AvgIpc) is 2.21. The molecule has 0 saturated carbocycles. The lowest BCUT2D eigenvalue weighted by molar-refractivity contribution is 1.26. The number of allylic oxidation sites excluding steroid dienone is 1. The summed E-state index contributed by atoms with van der Waals surface area (Å²) in [6, 6.07) is 7.80. The van der Waals surface area contributed by atoms with Crippen molar-refractivity contribution in [3.63, 3.8) is 0 Å². The quantitative estimate of drug-likeness (QED) is 0.503. The molecule has 0 bridgehead atoms. The van der Waals surface area contributed by atoms with Crippen molar-refractivity contribution in [3.8, 4) is 0 Å². The molecule has 0 heterocycles. The van der Waals surface area contributed by atoms with Crippen LogP contribution in [0.4, 0.5) is 0 Å². The number of hydrogen-bond donors (Lipinski definition) is 0. The van der Waals surface area contributed by atoms with Crippen LogP contribution in [0.25, 0.3) is 0 Å². The molecule has 0 aromatic heterocycles. The Hall–Kier alpha value is -1.31. The molecule has 0 unspecified atom stereocenters. The van der Waals surface area contributed by atoms with E-state index in [-0.39, 0.29) is 0 Å². The first-order valence-corrected chi connectivity index (χ1v) is 4.81. The molecule has 0 aliphatic heterocycles. The van der Waals surface area contributed by atoms with E-state index in [1.807, 2.05) is 43.5 Å². The minimum Gasteiger partial charge on any atom is -0.261 e. The molecule has 1 rings (SSSR count). The second-order valence-electron chi connectivity index (χ2n) is 3.03. The fourth-order valence-electron chi connectivity index (χ4n) is 1.21. The van der Waals surface area contributed by atoms with Crippen molar-refractivity contribution >= 4 is 19.0 Å². The first kappa shape index (κ1) is 10.8. The number of nitrogens with zero attached hydrogens (tertiary/aromatic N) is 1. The molecular weight excluding hydrogens is 169 g/mol. The summed E-state index contributed by atoms with van der Waals surface area (Å²) in [5, 5.41) is 0. The van der Waals surface area contributed by atoms with Gasteiger partial charge in [-0.05, 0) is 18.9 Å². The molecule has 0 aliphatic carbocycles. The minimum atomic E-state index is 0.787. The summed E-state index contributed by atoms with van der Waals surface area (Å²) in [6.45, 7) is 4.05. The molecule has 0 spiro atoms. The molecule has 2 heteroatoms. The predicted octanol–water partition coefficient (Wildman–Crippen LogP) is 2.21. The van der Waals surface area contributed by atoms with Gasteiger partial charge in [-0.3, -0.25) is 4.99 Å². The van der Waals surface area contributed by atoms with Gasteiger partial charge in [-0.25, -0.2) is 0 Å². The van der Waals surface area contributed by atoms with Gasteiger partial charge in [0, 0.05) is 11.9 Å². The third-order valence-electron chi connectivity index (χ3n) is 1.96. The van der Waals surface area contributed by atoms with Crippen LogP contribution in [0.5, 0.6) is 0 Å². The molecule has 2 radical (unpaired) electrons. The molecule has 0 fully saturated rings. The maximum Gasteiger partial charge on any atom is 0.113 e. The molecule has 1 nitrogen and oxygen atoms in total. The first-order valence-electron chi connectivity index (χ1n) is 4.81. The van der Waals surface area contributed by atoms with Crippen molar-refractivity contribution in [2.24, 2.45) is 4.99 Å². The van der Waals surface area contributed by atoms with E-state index < -0.39 is 0 Å². The molecule has 70 valence electrons. The monoisotopic (exact) mass is 183 g/mol. The highest BCUT2D eigenvalue weighted by atomic mass is 14.7. The standard InChI is InChI=1S/C12H14BN/c1-3-9-14-12(4-2)10-5-7-11(13)8-6-10/h3,5-9H,4H2,1-2H3/b9-3-,14-12?. The van der Waals surface area contributed by atoms with E-state index >= 15 is 0 Å². The van der Waals surface area contributed by atoms with Crippen LogP contribution in [0.2, 0.25) is 0 Å². The van der Waals surface area contributed by atoms with Gasteiger partial charge in [0.2, 0.25) is 0 Å². The lowest BCUT2D eigenvalue weighted by Crippen LogP contribution is -2.04. The van der Waals surface area contributed by atoms with E-state index in [4.69, 9.17) is 7.85 Å². The highest BCUT2D eigenvalue weighted by molar-refractivity contribution is 6.32. The molecular formula is C12H14BN. The summed E-state index contributed by atoms with van der Waals surface area (Å²) in [5.41, 5.74) is 3.01. The minimum absolute atomic E-state index is 0.787. The molecule has 0 atom stereocenters. The predicted molar refractivity (Wildman–Crippen MR) is 63.5 cm³/mol. The Labute approximate surface area is 87.0 Å². The third-order valence-corrected chi connectivity index (χ3v) is 1.96. The lowest BCUT2D eigenvalue weighted by Gasteiger charge is -2.02. The van der Waals surface area contributed by atoms with Crippen LogP contribution in [0.1, 0.15) is 25.8 Å². The lowest BCUT2D eigenvalue weighted by atomic mass is 9.94. The van der Waals surface area contributed by atoms with Gasteiger partial charge < -0.3 is 0 Å². The Morgan fingerprint density at radius 1 is 1.36 bits per heavy atom. The number of rotatable bonds is 3. The van der Waals surface area contributed by atoms with E-state index in [0.29, 0.717) is 0 Å². The van der Waals surface area contributed by atoms with E-state index in [9.17, 15) is 0 Å². The van der Waals surface area contributed by atoms with Crippen LogP contribution in [0.3, 0.4) is 0 Å². The fourth-order valence-corrected chi connectivity index (χ4v) is 1.21. The second kappa shape index (κ2) is 5.43. The van der Waals surface area contributed by atoms with Crippen LogP contribution >= 0.6 is 0 Å². The maximum atomic E-state index is 5.61. The van der Waals surface area contributed by atoms with Crippen LogP contribution < -0.4 is 5.46 Å². The van der Waals surface area contributed by atoms with Crippen molar-refractivity contribution in [1.82, 2.24) is 0 Å². The Kier molecular flexibility index (Phi) is 4.18. The van der Waals surface area contributed by atoms with Gasteiger partial charge in [0.15, 0.2) is 0 Å². The number of aliphatic imine (C=N–C) groups is 1. The zero-order valence-electron chi connectivity index (χ0n) is 8.70. The highest BCUT2D eigenvalue weighted by Gasteiger charge is 1.98. The van der Waals surface area contributed by atoms with Crippen LogP contribution in [-0.2, 0) is 0 Å².